The van der Waals surface area contributed by atoms with Gasteiger partial charge in [0.2, 0.25) is 0 Å². The van der Waals surface area contributed by atoms with Gasteiger partial charge in [0.25, 0.3) is 0 Å². The Balaban J connectivity index is 1.82. The average Bonchev–Trinajstić information content (AvgIpc) is 2.90. The second-order valence-corrected chi connectivity index (χ2v) is 4.89. The van der Waals surface area contributed by atoms with E-state index in [4.69, 9.17) is 5.11 Å². The summed E-state index contributed by atoms with van der Waals surface area (Å²) in [6.45, 7) is -0.0141. The predicted molar refractivity (Wildman–Crippen MR) is 70.0 cm³/mol. The molecule has 0 bridgehead atoms. The molecule has 0 radical (unpaired) electrons. The number of carbonyl (C=O) groups is 1. The molecule has 4 nitrogen and oxygen atoms in total. The van der Waals surface area contributed by atoms with Crippen LogP contribution in [0.15, 0.2) is 18.2 Å². The normalized spacial score (nSPS) is 15.5. The first-order chi connectivity index (χ1) is 9.19. The molecule has 1 aromatic carbocycles. The Labute approximate surface area is 112 Å². The summed E-state index contributed by atoms with van der Waals surface area (Å²) in [5.41, 5.74) is 1.02. The minimum absolute atomic E-state index is 0.193. The summed E-state index contributed by atoms with van der Waals surface area (Å²) < 4.78 is 13.2. The third-order valence-corrected chi connectivity index (χ3v) is 3.42. The number of hydrogen-bond donors (Lipinski definition) is 3. The van der Waals surface area contributed by atoms with Crippen LogP contribution in [0.1, 0.15) is 36.8 Å². The summed E-state index contributed by atoms with van der Waals surface area (Å²) in [6.07, 6.45) is 4.42. The molecule has 0 heterocycles. The van der Waals surface area contributed by atoms with E-state index in [-0.39, 0.29) is 24.2 Å². The number of amides is 2. The fourth-order valence-corrected chi connectivity index (χ4v) is 2.35. The molecule has 0 atom stereocenters. The molecule has 1 aliphatic carbocycles. The summed E-state index contributed by atoms with van der Waals surface area (Å²) in [4.78, 5) is 11.6. The highest BCUT2D eigenvalue weighted by Gasteiger charge is 2.16. The maximum atomic E-state index is 13.2. The largest absolute Gasteiger partial charge is 0.392 e. The lowest BCUT2D eigenvalue weighted by molar-refractivity contribution is 0.236. The molecule has 0 unspecified atom stereocenters. The van der Waals surface area contributed by atoms with E-state index in [0.717, 1.165) is 18.4 Å². The van der Waals surface area contributed by atoms with Crippen LogP contribution in [0, 0.1) is 5.82 Å². The Morgan fingerprint density at radius 2 is 2.11 bits per heavy atom. The lowest BCUT2D eigenvalue weighted by Crippen LogP contribution is -2.40. The van der Waals surface area contributed by atoms with Gasteiger partial charge in [0.1, 0.15) is 5.82 Å². The van der Waals surface area contributed by atoms with Crippen LogP contribution in [-0.2, 0) is 13.2 Å². The van der Waals surface area contributed by atoms with E-state index in [1.807, 2.05) is 0 Å². The van der Waals surface area contributed by atoms with Gasteiger partial charge in [0.05, 0.1) is 6.61 Å². The third-order valence-electron chi connectivity index (χ3n) is 3.42. The van der Waals surface area contributed by atoms with E-state index in [1.54, 1.807) is 12.1 Å². The van der Waals surface area contributed by atoms with E-state index in [0.29, 0.717) is 6.54 Å². The van der Waals surface area contributed by atoms with Crippen molar-refractivity contribution in [2.75, 3.05) is 0 Å². The Kier molecular flexibility index (Phi) is 4.74. The molecule has 19 heavy (non-hydrogen) atoms. The topological polar surface area (TPSA) is 61.4 Å². The highest BCUT2D eigenvalue weighted by molar-refractivity contribution is 5.74. The molecule has 2 rings (SSSR count). The first-order valence-electron chi connectivity index (χ1n) is 6.61. The molecule has 0 aliphatic heterocycles. The summed E-state index contributed by atoms with van der Waals surface area (Å²) >= 11 is 0. The van der Waals surface area contributed by atoms with Crippen LogP contribution in [0.2, 0.25) is 0 Å². The molecule has 1 fully saturated rings. The molecular formula is C14H19FN2O2. The van der Waals surface area contributed by atoms with Crippen LogP contribution in [0.25, 0.3) is 0 Å². The first-order valence-corrected chi connectivity index (χ1v) is 6.61. The molecule has 104 valence electrons. The summed E-state index contributed by atoms with van der Waals surface area (Å²) in [6, 6.07) is 4.55. The SMILES string of the molecule is O=C(NCc1ccc(F)c(CO)c1)NC1CCCC1. The van der Waals surface area contributed by atoms with Crippen molar-refractivity contribution in [1.82, 2.24) is 10.6 Å². The number of urea groups is 1. The van der Waals surface area contributed by atoms with Crippen molar-refractivity contribution in [3.63, 3.8) is 0 Å². The van der Waals surface area contributed by atoms with Crippen molar-refractivity contribution in [2.45, 2.75) is 44.9 Å². The van der Waals surface area contributed by atoms with Gasteiger partial charge in [0, 0.05) is 18.2 Å². The number of benzene rings is 1. The zero-order chi connectivity index (χ0) is 13.7. The van der Waals surface area contributed by atoms with Gasteiger partial charge in [-0.25, -0.2) is 9.18 Å². The molecule has 3 N–H and O–H groups in total. The van der Waals surface area contributed by atoms with Gasteiger partial charge >= 0.3 is 6.03 Å². The summed E-state index contributed by atoms with van der Waals surface area (Å²) in [7, 11) is 0. The maximum absolute atomic E-state index is 13.2. The lowest BCUT2D eigenvalue weighted by Gasteiger charge is -2.13. The Morgan fingerprint density at radius 1 is 1.37 bits per heavy atom. The van der Waals surface area contributed by atoms with Crippen LogP contribution in [-0.4, -0.2) is 17.2 Å². The summed E-state index contributed by atoms with van der Waals surface area (Å²) in [5, 5.41) is 14.6. The van der Waals surface area contributed by atoms with E-state index in [1.165, 1.54) is 18.9 Å². The highest BCUT2D eigenvalue weighted by Crippen LogP contribution is 2.17. The van der Waals surface area contributed by atoms with E-state index >= 15 is 0 Å². The molecule has 5 heteroatoms. The van der Waals surface area contributed by atoms with E-state index in [2.05, 4.69) is 10.6 Å². The maximum Gasteiger partial charge on any atom is 0.315 e. The number of hydrogen-bond acceptors (Lipinski definition) is 2. The number of rotatable bonds is 4. The van der Waals surface area contributed by atoms with Gasteiger partial charge in [-0.15, -0.1) is 0 Å². The number of carbonyl (C=O) groups excluding carboxylic acids is 1. The van der Waals surface area contributed by atoms with Gasteiger partial charge in [-0.3, -0.25) is 0 Å². The van der Waals surface area contributed by atoms with Crippen molar-refractivity contribution in [1.29, 1.82) is 0 Å². The summed E-state index contributed by atoms with van der Waals surface area (Å²) in [5.74, 6) is -0.429. The van der Waals surface area contributed by atoms with Crippen molar-refractivity contribution in [3.8, 4) is 0 Å². The molecule has 2 amide bonds. The smallest absolute Gasteiger partial charge is 0.315 e. The Bertz CT molecular complexity index is 445. The van der Waals surface area contributed by atoms with Crippen molar-refractivity contribution in [2.24, 2.45) is 0 Å². The van der Waals surface area contributed by atoms with Gasteiger partial charge in [-0.05, 0) is 30.5 Å². The van der Waals surface area contributed by atoms with Gasteiger partial charge in [-0.2, -0.15) is 0 Å². The number of aliphatic hydroxyl groups is 1. The highest BCUT2D eigenvalue weighted by atomic mass is 19.1. The second-order valence-electron chi connectivity index (χ2n) is 4.89. The average molecular weight is 266 g/mol. The minimum Gasteiger partial charge on any atom is -0.392 e. The Hall–Kier alpha value is -1.62. The fourth-order valence-electron chi connectivity index (χ4n) is 2.35. The van der Waals surface area contributed by atoms with Crippen LogP contribution in [0.4, 0.5) is 9.18 Å². The zero-order valence-corrected chi connectivity index (χ0v) is 10.8. The number of aliphatic hydroxyl groups excluding tert-OH is 1. The first kappa shape index (κ1) is 13.8. The van der Waals surface area contributed by atoms with E-state index < -0.39 is 5.82 Å². The zero-order valence-electron chi connectivity index (χ0n) is 10.8. The fraction of sp³-hybridized carbons (Fsp3) is 0.500. The third kappa shape index (κ3) is 3.92. The molecule has 0 saturated heterocycles. The molecule has 1 aromatic rings. The van der Waals surface area contributed by atoms with Gasteiger partial charge in [0.15, 0.2) is 0 Å². The van der Waals surface area contributed by atoms with Crippen molar-refractivity contribution in [3.05, 3.63) is 35.1 Å². The van der Waals surface area contributed by atoms with Gasteiger partial charge in [-0.1, -0.05) is 18.9 Å². The van der Waals surface area contributed by atoms with Crippen LogP contribution in [0.3, 0.4) is 0 Å². The lowest BCUT2D eigenvalue weighted by atomic mass is 10.1. The van der Waals surface area contributed by atoms with Crippen LogP contribution in [0.5, 0.6) is 0 Å². The van der Waals surface area contributed by atoms with Crippen LogP contribution >= 0.6 is 0 Å². The van der Waals surface area contributed by atoms with Crippen molar-refractivity contribution < 1.29 is 14.3 Å². The monoisotopic (exact) mass is 266 g/mol. The molecule has 1 aliphatic rings. The van der Waals surface area contributed by atoms with Gasteiger partial charge < -0.3 is 15.7 Å². The molecule has 1 saturated carbocycles. The molecule has 0 spiro atoms. The molecule has 0 aromatic heterocycles. The second kappa shape index (κ2) is 6.52. The standard InChI is InChI=1S/C14H19FN2O2/c15-13-6-5-10(7-11(13)9-18)8-16-14(19)17-12-3-1-2-4-12/h5-7,12,18H,1-4,8-9H2,(H2,16,17,19). The number of halogens is 1. The minimum atomic E-state index is -0.429. The quantitative estimate of drug-likeness (QED) is 0.781. The predicted octanol–water partition coefficient (Wildman–Crippen LogP) is 2.06. The van der Waals surface area contributed by atoms with Crippen molar-refractivity contribution >= 4 is 6.03 Å². The Morgan fingerprint density at radius 3 is 2.79 bits per heavy atom. The van der Waals surface area contributed by atoms with Crippen LogP contribution < -0.4 is 10.6 Å². The van der Waals surface area contributed by atoms with E-state index in [9.17, 15) is 9.18 Å². The number of nitrogens with one attached hydrogen (secondary N) is 2. The molecular weight excluding hydrogens is 247 g/mol.